The number of nitrogen functional groups attached to an aromatic ring is 1. The molecule has 0 aliphatic carbocycles. The highest BCUT2D eigenvalue weighted by molar-refractivity contribution is 5.88. The number of hydrogen-bond acceptors (Lipinski definition) is 5. The predicted octanol–water partition coefficient (Wildman–Crippen LogP) is 4.19. The smallest absolute Gasteiger partial charge is 0.307 e. The number of aryl methyl sites for hydroxylation is 2. The van der Waals surface area contributed by atoms with Gasteiger partial charge in [-0.2, -0.15) is 0 Å². The van der Waals surface area contributed by atoms with Crippen molar-refractivity contribution in [1.29, 1.82) is 0 Å². The quantitative estimate of drug-likeness (QED) is 0.633. The zero-order chi connectivity index (χ0) is 22.4. The molecular weight excluding hydrogens is 396 g/mol. The van der Waals surface area contributed by atoms with Gasteiger partial charge in [0.2, 0.25) is 5.91 Å². The molecular formula is C24H30N2O5. The van der Waals surface area contributed by atoms with Gasteiger partial charge >= 0.3 is 5.97 Å². The van der Waals surface area contributed by atoms with Crippen LogP contribution in [0, 0.1) is 0 Å². The molecule has 31 heavy (non-hydrogen) atoms. The third-order valence-corrected chi connectivity index (χ3v) is 5.38. The summed E-state index contributed by atoms with van der Waals surface area (Å²) in [5.41, 5.74) is 9.52. The zero-order valence-electron chi connectivity index (χ0n) is 18.0. The fourth-order valence-corrected chi connectivity index (χ4v) is 3.82. The van der Waals surface area contributed by atoms with Gasteiger partial charge in [-0.05, 0) is 79.6 Å². The summed E-state index contributed by atoms with van der Waals surface area (Å²) in [7, 11) is 0. The largest absolute Gasteiger partial charge is 0.490 e. The average Bonchev–Trinajstić information content (AvgIpc) is 2.73. The van der Waals surface area contributed by atoms with E-state index in [1.165, 1.54) is 12.5 Å². The van der Waals surface area contributed by atoms with Gasteiger partial charge in [-0.3, -0.25) is 9.59 Å². The van der Waals surface area contributed by atoms with E-state index in [-0.39, 0.29) is 18.4 Å². The lowest BCUT2D eigenvalue weighted by Gasteiger charge is -2.25. The number of carboxylic acid groups (broad SMARTS) is 1. The fraction of sp³-hybridized carbons (Fsp3) is 0.417. The topological polar surface area (TPSA) is 111 Å². The SMILES string of the molecule is CC(=O)Nc1ccc2c(c1)CCC(CC(=O)O)O2.CCC1CCc2cc(N)ccc2O1. The molecule has 7 nitrogen and oxygen atoms in total. The number of ether oxygens (including phenoxy) is 2. The van der Waals surface area contributed by atoms with E-state index in [0.717, 1.165) is 48.4 Å². The molecule has 0 radical (unpaired) electrons. The van der Waals surface area contributed by atoms with E-state index in [1.807, 2.05) is 24.3 Å². The maximum absolute atomic E-state index is 10.9. The number of hydrogen-bond donors (Lipinski definition) is 3. The Balaban J connectivity index is 0.000000185. The van der Waals surface area contributed by atoms with Gasteiger partial charge in [0.15, 0.2) is 0 Å². The van der Waals surface area contributed by atoms with Crippen LogP contribution in [0.15, 0.2) is 36.4 Å². The summed E-state index contributed by atoms with van der Waals surface area (Å²) in [6.45, 7) is 3.62. The van der Waals surface area contributed by atoms with E-state index in [9.17, 15) is 9.59 Å². The molecule has 7 heteroatoms. The maximum Gasteiger partial charge on any atom is 0.307 e. The normalized spacial score (nSPS) is 18.8. The first-order valence-electron chi connectivity index (χ1n) is 10.7. The molecule has 4 N–H and O–H groups in total. The molecule has 2 aliphatic heterocycles. The molecule has 2 aromatic rings. The monoisotopic (exact) mass is 426 g/mol. The Morgan fingerprint density at radius 2 is 1.65 bits per heavy atom. The van der Waals surface area contributed by atoms with E-state index < -0.39 is 5.97 Å². The molecule has 0 bridgehead atoms. The summed E-state index contributed by atoms with van der Waals surface area (Å²) in [6.07, 6.45) is 4.91. The Morgan fingerprint density at radius 1 is 1.03 bits per heavy atom. The molecule has 0 saturated carbocycles. The zero-order valence-corrected chi connectivity index (χ0v) is 18.0. The van der Waals surface area contributed by atoms with Crippen molar-refractivity contribution in [2.75, 3.05) is 11.1 Å². The third-order valence-electron chi connectivity index (χ3n) is 5.38. The Morgan fingerprint density at radius 3 is 2.29 bits per heavy atom. The number of benzene rings is 2. The van der Waals surface area contributed by atoms with Gasteiger partial charge in [-0.25, -0.2) is 0 Å². The molecule has 2 atom stereocenters. The van der Waals surface area contributed by atoms with Crippen molar-refractivity contribution in [1.82, 2.24) is 0 Å². The number of nitrogens with one attached hydrogen (secondary N) is 1. The van der Waals surface area contributed by atoms with Crippen LogP contribution >= 0.6 is 0 Å². The van der Waals surface area contributed by atoms with E-state index in [0.29, 0.717) is 18.3 Å². The van der Waals surface area contributed by atoms with Crippen molar-refractivity contribution in [2.45, 2.75) is 64.6 Å². The first-order valence-corrected chi connectivity index (χ1v) is 10.7. The maximum atomic E-state index is 10.9. The van der Waals surface area contributed by atoms with Crippen LogP contribution in [0.3, 0.4) is 0 Å². The van der Waals surface area contributed by atoms with Crippen LogP contribution in [-0.4, -0.2) is 29.2 Å². The number of fused-ring (bicyclic) bond motifs is 2. The Kier molecular flexibility index (Phi) is 7.39. The summed E-state index contributed by atoms with van der Waals surface area (Å²) in [6, 6.07) is 11.3. The van der Waals surface area contributed by atoms with Gasteiger partial charge in [0.05, 0.1) is 12.5 Å². The summed E-state index contributed by atoms with van der Waals surface area (Å²) in [5, 5.41) is 11.4. The Bertz CT molecular complexity index is 944. The standard InChI is InChI=1S/C13H15NO4.C11H15NO/c1-8(15)14-10-3-5-12-9(6-10)2-4-11(18-12)7-13(16)17;1-2-10-5-3-8-7-9(12)4-6-11(8)13-10/h3,5-6,11H,2,4,7H2,1H3,(H,14,15)(H,16,17);4,6-7,10H,2-3,5,12H2,1H3. The van der Waals surface area contributed by atoms with Crippen LogP contribution in [0.2, 0.25) is 0 Å². The first kappa shape index (κ1) is 22.5. The lowest BCUT2D eigenvalue weighted by Crippen LogP contribution is -2.25. The number of amides is 1. The number of rotatable bonds is 4. The molecule has 2 heterocycles. The van der Waals surface area contributed by atoms with Crippen LogP contribution in [-0.2, 0) is 22.4 Å². The molecule has 1 amide bonds. The summed E-state index contributed by atoms with van der Waals surface area (Å²) in [5.74, 6) is 0.766. The number of aliphatic carboxylic acids is 1. The highest BCUT2D eigenvalue weighted by Crippen LogP contribution is 2.31. The first-order chi connectivity index (χ1) is 14.8. The molecule has 0 aromatic heterocycles. The van der Waals surface area contributed by atoms with Crippen molar-refractivity contribution >= 4 is 23.3 Å². The van der Waals surface area contributed by atoms with E-state index >= 15 is 0 Å². The highest BCUT2D eigenvalue weighted by atomic mass is 16.5. The molecule has 2 aliphatic rings. The number of carbonyl (C=O) groups is 2. The van der Waals surface area contributed by atoms with Crippen LogP contribution in [0.1, 0.15) is 50.7 Å². The van der Waals surface area contributed by atoms with Crippen LogP contribution in [0.25, 0.3) is 0 Å². The Hall–Kier alpha value is -3.22. The lowest BCUT2D eigenvalue weighted by molar-refractivity contribution is -0.139. The van der Waals surface area contributed by atoms with Gasteiger partial charge in [0.25, 0.3) is 0 Å². The summed E-state index contributed by atoms with van der Waals surface area (Å²) in [4.78, 5) is 21.6. The lowest BCUT2D eigenvalue weighted by atomic mass is 10.00. The molecule has 2 aromatic carbocycles. The van der Waals surface area contributed by atoms with Crippen molar-refractivity contribution in [3.63, 3.8) is 0 Å². The second-order valence-electron chi connectivity index (χ2n) is 7.93. The molecule has 2 unspecified atom stereocenters. The molecule has 0 fully saturated rings. The van der Waals surface area contributed by atoms with Gasteiger partial charge in [0.1, 0.15) is 17.6 Å². The van der Waals surface area contributed by atoms with Crippen molar-refractivity contribution in [3.8, 4) is 11.5 Å². The van der Waals surface area contributed by atoms with E-state index in [2.05, 4.69) is 12.2 Å². The summed E-state index contributed by atoms with van der Waals surface area (Å²) < 4.78 is 11.4. The third kappa shape index (κ3) is 6.38. The van der Waals surface area contributed by atoms with Gasteiger partial charge in [-0.1, -0.05) is 6.92 Å². The van der Waals surface area contributed by atoms with Crippen molar-refractivity contribution < 1.29 is 24.2 Å². The van der Waals surface area contributed by atoms with Gasteiger partial charge in [0, 0.05) is 18.3 Å². The molecule has 166 valence electrons. The van der Waals surface area contributed by atoms with E-state index in [4.69, 9.17) is 20.3 Å². The van der Waals surface area contributed by atoms with E-state index in [1.54, 1.807) is 12.1 Å². The number of nitrogens with two attached hydrogens (primary N) is 1. The van der Waals surface area contributed by atoms with Crippen LogP contribution in [0.4, 0.5) is 11.4 Å². The number of carboxylic acids is 1. The van der Waals surface area contributed by atoms with Crippen LogP contribution in [0.5, 0.6) is 11.5 Å². The number of anilines is 2. The minimum atomic E-state index is -0.849. The van der Waals surface area contributed by atoms with Crippen molar-refractivity contribution in [2.24, 2.45) is 0 Å². The fourth-order valence-electron chi connectivity index (χ4n) is 3.82. The molecule has 0 spiro atoms. The van der Waals surface area contributed by atoms with Gasteiger partial charge < -0.3 is 25.6 Å². The van der Waals surface area contributed by atoms with Crippen LogP contribution < -0.4 is 20.5 Å². The second-order valence-corrected chi connectivity index (χ2v) is 7.93. The average molecular weight is 427 g/mol. The summed E-state index contributed by atoms with van der Waals surface area (Å²) >= 11 is 0. The van der Waals surface area contributed by atoms with Crippen molar-refractivity contribution in [3.05, 3.63) is 47.5 Å². The Labute approximate surface area is 182 Å². The predicted molar refractivity (Wildman–Crippen MR) is 120 cm³/mol. The minimum absolute atomic E-state index is 0.0207. The van der Waals surface area contributed by atoms with Gasteiger partial charge in [-0.15, -0.1) is 0 Å². The molecule has 0 saturated heterocycles. The number of carbonyl (C=O) groups excluding carboxylic acids is 1. The minimum Gasteiger partial charge on any atom is -0.490 e. The second kappa shape index (κ2) is 10.2. The molecule has 4 rings (SSSR count). The highest BCUT2D eigenvalue weighted by Gasteiger charge is 2.22.